The van der Waals surface area contributed by atoms with Gasteiger partial charge in [0.05, 0.1) is 0 Å². The number of rotatable bonds is 5. The molecule has 2 heterocycles. The van der Waals surface area contributed by atoms with Crippen LogP contribution in [-0.2, 0) is 11.3 Å². The fourth-order valence-corrected chi connectivity index (χ4v) is 3.70. The minimum Gasteiger partial charge on any atom is -0.356 e. The molecule has 2 aromatic rings. The Kier molecular flexibility index (Phi) is 5.53. The first kappa shape index (κ1) is 17.7. The van der Waals surface area contributed by atoms with Crippen molar-refractivity contribution >= 4 is 16.8 Å². The molecular weight excluding hydrogens is 314 g/mol. The van der Waals surface area contributed by atoms with Crippen molar-refractivity contribution in [1.29, 1.82) is 0 Å². The van der Waals surface area contributed by atoms with E-state index in [0.29, 0.717) is 12.5 Å². The van der Waals surface area contributed by atoms with Gasteiger partial charge in [0.1, 0.15) is 0 Å². The normalized spacial score (nSPS) is 18.4. The standard InChI is InChI=1S/C20H27N3O2/c1-14-5-6-17-11-18(20(25)22-19(17)10-14)13-23-9-3-4-16(12-23)7-8-21-15(2)24/h5-6,10-11,16H,3-4,7-9,12-13H2,1-2H3,(H,21,24)(H,22,25)/t16-/m0/s1. The molecule has 1 aliphatic heterocycles. The Morgan fingerprint density at radius 1 is 1.36 bits per heavy atom. The third-order valence-electron chi connectivity index (χ3n) is 5.00. The number of hydrogen-bond donors (Lipinski definition) is 2. The molecule has 1 fully saturated rings. The lowest BCUT2D eigenvalue weighted by atomic mass is 9.94. The fourth-order valence-electron chi connectivity index (χ4n) is 3.70. The van der Waals surface area contributed by atoms with E-state index in [2.05, 4.69) is 27.3 Å². The lowest BCUT2D eigenvalue weighted by Gasteiger charge is -2.32. The van der Waals surface area contributed by atoms with Gasteiger partial charge in [0.15, 0.2) is 0 Å². The van der Waals surface area contributed by atoms with Crippen molar-refractivity contribution in [2.45, 2.75) is 39.7 Å². The number of nitrogens with one attached hydrogen (secondary N) is 2. The number of aryl methyl sites for hydroxylation is 1. The number of amides is 1. The van der Waals surface area contributed by atoms with E-state index in [0.717, 1.165) is 54.5 Å². The van der Waals surface area contributed by atoms with Gasteiger partial charge in [-0.15, -0.1) is 0 Å². The van der Waals surface area contributed by atoms with Crippen LogP contribution in [0, 0.1) is 12.8 Å². The summed E-state index contributed by atoms with van der Waals surface area (Å²) < 4.78 is 0. The number of carbonyl (C=O) groups excluding carboxylic acids is 1. The number of hydrogen-bond acceptors (Lipinski definition) is 3. The molecule has 0 spiro atoms. The average molecular weight is 341 g/mol. The molecule has 0 radical (unpaired) electrons. The number of H-pyrrole nitrogens is 1. The lowest BCUT2D eigenvalue weighted by Crippen LogP contribution is -2.37. The van der Waals surface area contributed by atoms with Crippen molar-refractivity contribution in [3.8, 4) is 0 Å². The van der Waals surface area contributed by atoms with Crippen LogP contribution in [0.5, 0.6) is 0 Å². The van der Waals surface area contributed by atoms with Gasteiger partial charge < -0.3 is 10.3 Å². The highest BCUT2D eigenvalue weighted by Crippen LogP contribution is 2.21. The van der Waals surface area contributed by atoms with Crippen molar-refractivity contribution in [3.63, 3.8) is 0 Å². The van der Waals surface area contributed by atoms with Crippen molar-refractivity contribution < 1.29 is 4.79 Å². The van der Waals surface area contributed by atoms with Crippen LogP contribution < -0.4 is 10.9 Å². The molecule has 5 nitrogen and oxygen atoms in total. The SMILES string of the molecule is CC(=O)NCC[C@@H]1CCCN(Cc2cc3ccc(C)cc3[nH]c2=O)C1. The smallest absolute Gasteiger partial charge is 0.252 e. The van der Waals surface area contributed by atoms with E-state index in [4.69, 9.17) is 0 Å². The van der Waals surface area contributed by atoms with Gasteiger partial charge in [-0.2, -0.15) is 0 Å². The predicted octanol–water partition coefficient (Wildman–Crippen LogP) is 2.57. The van der Waals surface area contributed by atoms with E-state index in [1.165, 1.54) is 6.42 Å². The molecule has 0 bridgehead atoms. The maximum absolute atomic E-state index is 12.4. The molecule has 0 aliphatic carbocycles. The second-order valence-electron chi connectivity index (χ2n) is 7.23. The molecule has 2 N–H and O–H groups in total. The summed E-state index contributed by atoms with van der Waals surface area (Å²) in [6.45, 7) is 7.04. The number of pyridine rings is 1. The second kappa shape index (κ2) is 7.83. The molecule has 134 valence electrons. The summed E-state index contributed by atoms with van der Waals surface area (Å²) >= 11 is 0. The zero-order valence-corrected chi connectivity index (χ0v) is 15.1. The molecule has 1 aromatic carbocycles. The van der Waals surface area contributed by atoms with E-state index in [1.54, 1.807) is 6.92 Å². The van der Waals surface area contributed by atoms with Crippen LogP contribution in [-0.4, -0.2) is 35.4 Å². The van der Waals surface area contributed by atoms with Crippen LogP contribution in [0.25, 0.3) is 10.9 Å². The third-order valence-corrected chi connectivity index (χ3v) is 5.00. The van der Waals surface area contributed by atoms with Gasteiger partial charge in [-0.05, 0) is 61.7 Å². The predicted molar refractivity (Wildman–Crippen MR) is 101 cm³/mol. The third kappa shape index (κ3) is 4.69. The second-order valence-corrected chi connectivity index (χ2v) is 7.23. The Balaban J connectivity index is 1.66. The quantitative estimate of drug-likeness (QED) is 0.878. The minimum absolute atomic E-state index is 0.0125. The molecule has 5 heteroatoms. The van der Waals surface area contributed by atoms with Crippen LogP contribution in [0.4, 0.5) is 0 Å². The summed E-state index contributed by atoms with van der Waals surface area (Å²) in [7, 11) is 0. The highest BCUT2D eigenvalue weighted by Gasteiger charge is 2.20. The number of fused-ring (bicyclic) bond motifs is 1. The van der Waals surface area contributed by atoms with Crippen molar-refractivity contribution in [2.24, 2.45) is 5.92 Å². The van der Waals surface area contributed by atoms with Gasteiger partial charge in [0.2, 0.25) is 5.91 Å². The number of likely N-dealkylation sites (tertiary alicyclic amines) is 1. The molecular formula is C20H27N3O2. The lowest BCUT2D eigenvalue weighted by molar-refractivity contribution is -0.119. The highest BCUT2D eigenvalue weighted by molar-refractivity contribution is 5.79. The number of aromatic amines is 1. The Morgan fingerprint density at radius 3 is 3.00 bits per heavy atom. The van der Waals surface area contributed by atoms with Gasteiger partial charge >= 0.3 is 0 Å². The first-order valence-corrected chi connectivity index (χ1v) is 9.10. The van der Waals surface area contributed by atoms with E-state index in [9.17, 15) is 9.59 Å². The van der Waals surface area contributed by atoms with Crippen molar-refractivity contribution in [3.05, 3.63) is 45.7 Å². The molecule has 3 rings (SSSR count). The first-order valence-electron chi connectivity index (χ1n) is 9.10. The van der Waals surface area contributed by atoms with Gasteiger partial charge in [0.25, 0.3) is 5.56 Å². The van der Waals surface area contributed by atoms with Crippen LogP contribution in [0.15, 0.2) is 29.1 Å². The van der Waals surface area contributed by atoms with E-state index < -0.39 is 0 Å². The monoisotopic (exact) mass is 341 g/mol. The molecule has 1 amide bonds. The van der Waals surface area contributed by atoms with Crippen molar-refractivity contribution in [1.82, 2.24) is 15.2 Å². The molecule has 0 unspecified atom stereocenters. The zero-order valence-electron chi connectivity index (χ0n) is 15.1. The summed E-state index contributed by atoms with van der Waals surface area (Å²) in [4.78, 5) is 28.8. The highest BCUT2D eigenvalue weighted by atomic mass is 16.1. The molecule has 25 heavy (non-hydrogen) atoms. The number of aromatic nitrogens is 1. The Bertz CT molecular complexity index is 812. The molecule has 1 saturated heterocycles. The van der Waals surface area contributed by atoms with E-state index in [-0.39, 0.29) is 11.5 Å². The first-order chi connectivity index (χ1) is 12.0. The van der Waals surface area contributed by atoms with Crippen molar-refractivity contribution in [2.75, 3.05) is 19.6 Å². The van der Waals surface area contributed by atoms with E-state index in [1.807, 2.05) is 19.1 Å². The zero-order chi connectivity index (χ0) is 17.8. The van der Waals surface area contributed by atoms with Gasteiger partial charge in [-0.25, -0.2) is 0 Å². The summed E-state index contributed by atoms with van der Waals surface area (Å²) in [6.07, 6.45) is 3.35. The Hall–Kier alpha value is -2.14. The molecule has 1 aliphatic rings. The number of piperidine rings is 1. The summed E-state index contributed by atoms with van der Waals surface area (Å²) in [6, 6.07) is 8.17. The largest absolute Gasteiger partial charge is 0.356 e. The summed E-state index contributed by atoms with van der Waals surface area (Å²) in [5.74, 6) is 0.619. The number of nitrogens with zero attached hydrogens (tertiary/aromatic N) is 1. The maximum atomic E-state index is 12.4. The Morgan fingerprint density at radius 2 is 2.20 bits per heavy atom. The van der Waals surface area contributed by atoms with Gasteiger partial charge in [0, 0.05) is 37.6 Å². The molecule has 1 atom stereocenters. The van der Waals surface area contributed by atoms with Crippen LogP contribution in [0.2, 0.25) is 0 Å². The van der Waals surface area contributed by atoms with Crippen LogP contribution in [0.1, 0.15) is 37.3 Å². The summed E-state index contributed by atoms with van der Waals surface area (Å²) in [5, 5.41) is 3.96. The van der Waals surface area contributed by atoms with Crippen LogP contribution >= 0.6 is 0 Å². The Labute approximate surface area is 148 Å². The summed E-state index contributed by atoms with van der Waals surface area (Å²) in [5.41, 5.74) is 2.90. The molecule has 1 aromatic heterocycles. The van der Waals surface area contributed by atoms with Gasteiger partial charge in [-0.1, -0.05) is 12.1 Å². The number of carbonyl (C=O) groups is 1. The topological polar surface area (TPSA) is 65.2 Å². The fraction of sp³-hybridized carbons (Fsp3) is 0.500. The average Bonchev–Trinajstić information content (AvgIpc) is 2.56. The van der Waals surface area contributed by atoms with E-state index >= 15 is 0 Å². The number of benzene rings is 1. The van der Waals surface area contributed by atoms with Crippen LogP contribution in [0.3, 0.4) is 0 Å². The molecule has 0 saturated carbocycles. The van der Waals surface area contributed by atoms with Gasteiger partial charge in [-0.3, -0.25) is 14.5 Å². The maximum Gasteiger partial charge on any atom is 0.252 e. The minimum atomic E-state index is 0.0125.